The smallest absolute Gasteiger partial charge is 0.225 e. The lowest BCUT2D eigenvalue weighted by Gasteiger charge is -2.19. The maximum atomic E-state index is 12.5. The molecule has 5 heteroatoms. The van der Waals surface area contributed by atoms with Crippen molar-refractivity contribution in [3.63, 3.8) is 0 Å². The lowest BCUT2D eigenvalue weighted by molar-refractivity contribution is -0.125. The maximum absolute atomic E-state index is 12.5. The van der Waals surface area contributed by atoms with E-state index in [1.54, 1.807) is 19.5 Å². The van der Waals surface area contributed by atoms with E-state index in [4.69, 9.17) is 4.74 Å². The summed E-state index contributed by atoms with van der Waals surface area (Å²) in [5.74, 6) is 1.06. The molecule has 0 radical (unpaired) electrons. The van der Waals surface area contributed by atoms with Crippen LogP contribution in [0.4, 0.5) is 0 Å². The number of ether oxygens (including phenoxy) is 1. The molecule has 0 saturated carbocycles. The van der Waals surface area contributed by atoms with E-state index in [0.717, 1.165) is 17.9 Å². The Kier molecular flexibility index (Phi) is 4.88. The van der Waals surface area contributed by atoms with Crippen LogP contribution in [0.5, 0.6) is 5.75 Å². The van der Waals surface area contributed by atoms with Crippen molar-refractivity contribution in [1.29, 1.82) is 0 Å². The fourth-order valence-corrected chi connectivity index (χ4v) is 2.98. The summed E-state index contributed by atoms with van der Waals surface area (Å²) >= 11 is 0. The van der Waals surface area contributed by atoms with Crippen LogP contribution < -0.4 is 15.4 Å². The molecule has 120 valence electrons. The molecule has 1 aliphatic heterocycles. The highest BCUT2D eigenvalue weighted by Crippen LogP contribution is 2.29. The van der Waals surface area contributed by atoms with E-state index in [0.29, 0.717) is 13.1 Å². The first kappa shape index (κ1) is 15.5. The molecule has 1 saturated heterocycles. The van der Waals surface area contributed by atoms with Crippen LogP contribution >= 0.6 is 0 Å². The number of carbonyl (C=O) groups excluding carboxylic acids is 1. The summed E-state index contributed by atoms with van der Waals surface area (Å²) in [4.78, 5) is 16.5. The Hall–Kier alpha value is -2.40. The summed E-state index contributed by atoms with van der Waals surface area (Å²) in [6.45, 7) is 2.06. The minimum atomic E-state index is -0.0507. The molecule has 1 aromatic carbocycles. The fourth-order valence-electron chi connectivity index (χ4n) is 2.98. The summed E-state index contributed by atoms with van der Waals surface area (Å²) in [6, 6.07) is 11.8. The van der Waals surface area contributed by atoms with Crippen LogP contribution in [0.15, 0.2) is 48.8 Å². The number of amides is 1. The van der Waals surface area contributed by atoms with Gasteiger partial charge in [0.15, 0.2) is 0 Å². The molecule has 2 N–H and O–H groups in total. The van der Waals surface area contributed by atoms with Crippen molar-refractivity contribution in [3.05, 3.63) is 59.9 Å². The molecule has 1 amide bonds. The zero-order valence-corrected chi connectivity index (χ0v) is 13.2. The van der Waals surface area contributed by atoms with E-state index >= 15 is 0 Å². The van der Waals surface area contributed by atoms with E-state index in [2.05, 4.69) is 15.6 Å². The Labute approximate surface area is 136 Å². The average Bonchev–Trinajstić information content (AvgIpc) is 3.10. The van der Waals surface area contributed by atoms with Crippen molar-refractivity contribution < 1.29 is 9.53 Å². The van der Waals surface area contributed by atoms with Gasteiger partial charge in [0.05, 0.1) is 13.0 Å². The molecule has 0 spiro atoms. The SMILES string of the molecule is COc1ccc(C2CNCC2C(=O)NCc2ccncc2)cc1. The van der Waals surface area contributed by atoms with Crippen LogP contribution in [0, 0.1) is 5.92 Å². The molecular weight excluding hydrogens is 290 g/mol. The molecule has 2 atom stereocenters. The Morgan fingerprint density at radius 3 is 2.65 bits per heavy atom. The second-order valence-electron chi connectivity index (χ2n) is 5.72. The monoisotopic (exact) mass is 311 g/mol. The number of benzene rings is 1. The number of carbonyl (C=O) groups is 1. The van der Waals surface area contributed by atoms with Gasteiger partial charge < -0.3 is 15.4 Å². The van der Waals surface area contributed by atoms with E-state index in [9.17, 15) is 4.79 Å². The van der Waals surface area contributed by atoms with Crippen molar-refractivity contribution in [1.82, 2.24) is 15.6 Å². The van der Waals surface area contributed by atoms with Gasteiger partial charge in [-0.25, -0.2) is 0 Å². The van der Waals surface area contributed by atoms with Crippen molar-refractivity contribution in [2.24, 2.45) is 5.92 Å². The normalized spacial score (nSPS) is 20.2. The Balaban J connectivity index is 1.64. The third kappa shape index (κ3) is 3.68. The van der Waals surface area contributed by atoms with Crippen LogP contribution in [0.2, 0.25) is 0 Å². The summed E-state index contributed by atoms with van der Waals surface area (Å²) in [7, 11) is 1.65. The predicted octanol–water partition coefficient (Wildman–Crippen LogP) is 1.71. The van der Waals surface area contributed by atoms with E-state index in [1.165, 1.54) is 5.56 Å². The number of nitrogens with zero attached hydrogens (tertiary/aromatic N) is 1. The topological polar surface area (TPSA) is 63.2 Å². The van der Waals surface area contributed by atoms with Gasteiger partial charge in [0.25, 0.3) is 0 Å². The Bertz CT molecular complexity index is 643. The third-order valence-electron chi connectivity index (χ3n) is 4.31. The number of hydrogen-bond donors (Lipinski definition) is 2. The van der Waals surface area contributed by atoms with Gasteiger partial charge in [-0.1, -0.05) is 12.1 Å². The van der Waals surface area contributed by atoms with Crippen LogP contribution in [0.3, 0.4) is 0 Å². The van der Waals surface area contributed by atoms with Crippen LogP contribution in [0.25, 0.3) is 0 Å². The molecule has 0 bridgehead atoms. The molecule has 2 unspecified atom stereocenters. The number of methoxy groups -OCH3 is 1. The number of nitrogens with one attached hydrogen (secondary N) is 2. The van der Waals surface area contributed by atoms with Gasteiger partial charge in [0, 0.05) is 37.9 Å². The van der Waals surface area contributed by atoms with E-state index < -0.39 is 0 Å². The largest absolute Gasteiger partial charge is 0.497 e. The number of hydrogen-bond acceptors (Lipinski definition) is 4. The zero-order valence-electron chi connectivity index (χ0n) is 13.2. The van der Waals surface area contributed by atoms with Gasteiger partial charge in [-0.2, -0.15) is 0 Å². The summed E-state index contributed by atoms with van der Waals surface area (Å²) in [6.07, 6.45) is 3.47. The van der Waals surface area contributed by atoms with E-state index in [1.807, 2.05) is 36.4 Å². The first-order valence-corrected chi connectivity index (χ1v) is 7.79. The minimum absolute atomic E-state index is 0.0507. The zero-order chi connectivity index (χ0) is 16.1. The van der Waals surface area contributed by atoms with E-state index in [-0.39, 0.29) is 17.7 Å². The number of pyridine rings is 1. The number of aromatic nitrogens is 1. The Morgan fingerprint density at radius 2 is 1.96 bits per heavy atom. The van der Waals surface area contributed by atoms with Gasteiger partial charge in [-0.05, 0) is 35.4 Å². The highest BCUT2D eigenvalue weighted by Gasteiger charge is 2.33. The quantitative estimate of drug-likeness (QED) is 0.882. The van der Waals surface area contributed by atoms with Gasteiger partial charge in [0.1, 0.15) is 5.75 Å². The molecule has 3 rings (SSSR count). The predicted molar refractivity (Wildman–Crippen MR) is 88.2 cm³/mol. The second kappa shape index (κ2) is 7.24. The van der Waals surface area contributed by atoms with Gasteiger partial charge in [0.2, 0.25) is 5.91 Å². The first-order valence-electron chi connectivity index (χ1n) is 7.79. The molecule has 2 aromatic rings. The summed E-state index contributed by atoms with van der Waals surface area (Å²) < 4.78 is 5.19. The molecule has 2 heterocycles. The van der Waals surface area contributed by atoms with Crippen LogP contribution in [-0.2, 0) is 11.3 Å². The van der Waals surface area contributed by atoms with Crippen LogP contribution in [0.1, 0.15) is 17.0 Å². The fraction of sp³-hybridized carbons (Fsp3) is 0.333. The van der Waals surface area contributed by atoms with Crippen LogP contribution in [-0.4, -0.2) is 31.1 Å². The number of rotatable bonds is 5. The third-order valence-corrected chi connectivity index (χ3v) is 4.31. The summed E-state index contributed by atoms with van der Waals surface area (Å²) in [5.41, 5.74) is 2.22. The lowest BCUT2D eigenvalue weighted by atomic mass is 9.88. The molecule has 0 aliphatic carbocycles. The average molecular weight is 311 g/mol. The Morgan fingerprint density at radius 1 is 1.22 bits per heavy atom. The lowest BCUT2D eigenvalue weighted by Crippen LogP contribution is -2.34. The molecule has 5 nitrogen and oxygen atoms in total. The first-order chi connectivity index (χ1) is 11.3. The molecular formula is C18H21N3O2. The standard InChI is InChI=1S/C18H21N3O2/c1-23-15-4-2-14(3-5-15)16-11-20-12-17(16)18(22)21-10-13-6-8-19-9-7-13/h2-9,16-17,20H,10-12H2,1H3,(H,21,22). The second-order valence-corrected chi connectivity index (χ2v) is 5.72. The summed E-state index contributed by atoms with van der Waals surface area (Å²) in [5, 5.41) is 6.36. The van der Waals surface area contributed by atoms with Crippen molar-refractivity contribution in [3.8, 4) is 5.75 Å². The minimum Gasteiger partial charge on any atom is -0.497 e. The highest BCUT2D eigenvalue weighted by atomic mass is 16.5. The maximum Gasteiger partial charge on any atom is 0.225 e. The molecule has 1 fully saturated rings. The van der Waals surface area contributed by atoms with Crippen molar-refractivity contribution in [2.75, 3.05) is 20.2 Å². The van der Waals surface area contributed by atoms with Gasteiger partial charge >= 0.3 is 0 Å². The van der Waals surface area contributed by atoms with Gasteiger partial charge in [-0.15, -0.1) is 0 Å². The van der Waals surface area contributed by atoms with Gasteiger partial charge in [-0.3, -0.25) is 9.78 Å². The molecule has 23 heavy (non-hydrogen) atoms. The van der Waals surface area contributed by atoms with Crippen molar-refractivity contribution in [2.45, 2.75) is 12.5 Å². The highest BCUT2D eigenvalue weighted by molar-refractivity contribution is 5.80. The molecule has 1 aromatic heterocycles. The van der Waals surface area contributed by atoms with Crippen molar-refractivity contribution >= 4 is 5.91 Å². The molecule has 1 aliphatic rings.